The Hall–Kier alpha value is -1.47. The molecular weight excluding hydrogens is 284 g/mol. The van der Waals surface area contributed by atoms with E-state index in [1.807, 2.05) is 0 Å². The van der Waals surface area contributed by atoms with Crippen LogP contribution in [0, 0.1) is 22.5 Å². The van der Waals surface area contributed by atoms with Crippen molar-refractivity contribution in [1.29, 1.82) is 0 Å². The zero-order valence-electron chi connectivity index (χ0n) is 11.5. The van der Waals surface area contributed by atoms with Gasteiger partial charge in [0.05, 0.1) is 4.92 Å². The van der Waals surface area contributed by atoms with Gasteiger partial charge in [-0.15, -0.1) is 0 Å². The zero-order valence-corrected chi connectivity index (χ0v) is 12.2. The average molecular weight is 301 g/mol. The lowest BCUT2D eigenvalue weighted by molar-refractivity contribution is -0.385. The van der Waals surface area contributed by atoms with E-state index >= 15 is 0 Å². The van der Waals surface area contributed by atoms with Gasteiger partial charge in [-0.25, -0.2) is 4.98 Å². The fourth-order valence-corrected chi connectivity index (χ4v) is 2.42. The standard InChI is InChI=1S/C12H17ClN4O3/c1-8-9(17(18)19)10(16-11(13)15-8)14-7-12(2)3-5-20-6-4-12/h3-7H2,1-2H3,(H,14,15,16). The molecule has 1 N–H and O–H groups in total. The second-order valence-electron chi connectivity index (χ2n) is 5.31. The Morgan fingerprint density at radius 2 is 2.10 bits per heavy atom. The molecule has 1 aromatic rings. The van der Waals surface area contributed by atoms with Crippen LogP contribution >= 0.6 is 11.6 Å². The van der Waals surface area contributed by atoms with Crippen LogP contribution in [0.25, 0.3) is 0 Å². The summed E-state index contributed by atoms with van der Waals surface area (Å²) in [4.78, 5) is 18.4. The van der Waals surface area contributed by atoms with Gasteiger partial charge in [0.25, 0.3) is 0 Å². The fourth-order valence-electron chi connectivity index (χ4n) is 2.21. The first kappa shape index (κ1) is 14.9. The molecule has 20 heavy (non-hydrogen) atoms. The van der Waals surface area contributed by atoms with Gasteiger partial charge in [0, 0.05) is 19.8 Å². The molecule has 110 valence electrons. The van der Waals surface area contributed by atoms with Crippen LogP contribution in [0.3, 0.4) is 0 Å². The third-order valence-corrected chi connectivity index (χ3v) is 3.77. The van der Waals surface area contributed by atoms with E-state index in [2.05, 4.69) is 22.2 Å². The Morgan fingerprint density at radius 1 is 1.45 bits per heavy atom. The molecule has 0 atom stereocenters. The Morgan fingerprint density at radius 3 is 2.70 bits per heavy atom. The van der Waals surface area contributed by atoms with Crippen LogP contribution < -0.4 is 5.32 Å². The summed E-state index contributed by atoms with van der Waals surface area (Å²) in [5.74, 6) is 0.181. The van der Waals surface area contributed by atoms with Crippen LogP contribution in [0.1, 0.15) is 25.5 Å². The number of nitrogens with zero attached hydrogens (tertiary/aromatic N) is 3. The molecule has 0 amide bonds. The lowest BCUT2D eigenvalue weighted by Gasteiger charge is -2.33. The van der Waals surface area contributed by atoms with Gasteiger partial charge in [0.2, 0.25) is 11.1 Å². The minimum atomic E-state index is -0.486. The van der Waals surface area contributed by atoms with Gasteiger partial charge in [0.15, 0.2) is 0 Å². The predicted molar refractivity (Wildman–Crippen MR) is 75.1 cm³/mol. The van der Waals surface area contributed by atoms with E-state index in [0.717, 1.165) is 12.8 Å². The summed E-state index contributed by atoms with van der Waals surface area (Å²) in [5, 5.41) is 14.2. The van der Waals surface area contributed by atoms with Crippen LogP contribution in [0.2, 0.25) is 5.28 Å². The molecule has 0 aliphatic carbocycles. The van der Waals surface area contributed by atoms with Crippen molar-refractivity contribution in [2.45, 2.75) is 26.7 Å². The Labute approximate surface area is 121 Å². The monoisotopic (exact) mass is 300 g/mol. The second kappa shape index (κ2) is 5.88. The molecule has 0 unspecified atom stereocenters. The number of nitro groups is 1. The number of halogens is 1. The molecule has 1 aliphatic rings. The molecule has 8 heteroatoms. The van der Waals surface area contributed by atoms with Gasteiger partial charge in [-0.3, -0.25) is 10.1 Å². The minimum Gasteiger partial charge on any atom is -0.381 e. The molecule has 2 heterocycles. The quantitative estimate of drug-likeness (QED) is 0.522. The zero-order chi connectivity index (χ0) is 14.8. The first-order chi connectivity index (χ1) is 9.41. The molecule has 1 aromatic heterocycles. The lowest BCUT2D eigenvalue weighted by Crippen LogP contribution is -2.33. The average Bonchev–Trinajstić information content (AvgIpc) is 2.36. The maximum atomic E-state index is 11.1. The molecule has 0 aromatic carbocycles. The largest absolute Gasteiger partial charge is 0.381 e. The van der Waals surface area contributed by atoms with Crippen LogP contribution in [0.4, 0.5) is 11.5 Å². The van der Waals surface area contributed by atoms with Crippen LogP contribution in [0.5, 0.6) is 0 Å². The van der Waals surface area contributed by atoms with Crippen molar-refractivity contribution in [1.82, 2.24) is 9.97 Å². The Bertz CT molecular complexity index is 518. The van der Waals surface area contributed by atoms with E-state index in [-0.39, 0.29) is 27.9 Å². The third kappa shape index (κ3) is 3.34. The first-order valence-corrected chi connectivity index (χ1v) is 6.79. The maximum Gasteiger partial charge on any atom is 0.332 e. The Balaban J connectivity index is 2.18. The number of rotatable bonds is 4. The van der Waals surface area contributed by atoms with E-state index in [1.54, 1.807) is 6.92 Å². The molecule has 1 aliphatic heterocycles. The van der Waals surface area contributed by atoms with Crippen molar-refractivity contribution in [3.63, 3.8) is 0 Å². The number of aromatic nitrogens is 2. The number of ether oxygens (including phenoxy) is 1. The van der Waals surface area contributed by atoms with Crippen LogP contribution in [0.15, 0.2) is 0 Å². The summed E-state index contributed by atoms with van der Waals surface area (Å²) in [6, 6.07) is 0. The molecule has 7 nitrogen and oxygen atoms in total. The molecule has 1 saturated heterocycles. The summed E-state index contributed by atoms with van der Waals surface area (Å²) < 4.78 is 5.33. The fraction of sp³-hybridized carbons (Fsp3) is 0.667. The molecule has 2 rings (SSSR count). The van der Waals surface area contributed by atoms with Crippen molar-refractivity contribution in [2.24, 2.45) is 5.41 Å². The van der Waals surface area contributed by atoms with E-state index in [1.165, 1.54) is 0 Å². The Kier molecular flexibility index (Phi) is 4.39. The summed E-state index contributed by atoms with van der Waals surface area (Å²) in [7, 11) is 0. The van der Waals surface area contributed by atoms with Crippen molar-refractivity contribution in [2.75, 3.05) is 25.1 Å². The van der Waals surface area contributed by atoms with E-state index in [0.29, 0.717) is 19.8 Å². The summed E-state index contributed by atoms with van der Waals surface area (Å²) in [6.45, 7) is 5.69. The highest BCUT2D eigenvalue weighted by Crippen LogP contribution is 2.32. The predicted octanol–water partition coefficient (Wildman–Crippen LogP) is 2.58. The molecule has 0 radical (unpaired) electrons. The number of hydrogen-bond acceptors (Lipinski definition) is 6. The highest BCUT2D eigenvalue weighted by atomic mass is 35.5. The van der Waals surface area contributed by atoms with Gasteiger partial charge in [-0.1, -0.05) is 6.92 Å². The van der Waals surface area contributed by atoms with E-state index < -0.39 is 4.92 Å². The van der Waals surface area contributed by atoms with Crippen LogP contribution in [-0.2, 0) is 4.74 Å². The summed E-state index contributed by atoms with van der Waals surface area (Å²) in [5.41, 5.74) is 0.178. The molecular formula is C12H17ClN4O3. The van der Waals surface area contributed by atoms with E-state index in [4.69, 9.17) is 16.3 Å². The minimum absolute atomic E-state index is 0.00716. The van der Waals surface area contributed by atoms with Crippen LogP contribution in [-0.4, -0.2) is 34.6 Å². The first-order valence-electron chi connectivity index (χ1n) is 6.41. The number of aryl methyl sites for hydroxylation is 1. The lowest BCUT2D eigenvalue weighted by atomic mass is 9.82. The molecule has 0 spiro atoms. The molecule has 0 saturated carbocycles. The van der Waals surface area contributed by atoms with Crippen molar-refractivity contribution in [3.05, 3.63) is 21.1 Å². The van der Waals surface area contributed by atoms with E-state index in [9.17, 15) is 10.1 Å². The normalized spacial score (nSPS) is 17.8. The number of hydrogen-bond donors (Lipinski definition) is 1. The molecule has 0 bridgehead atoms. The topological polar surface area (TPSA) is 90.2 Å². The van der Waals surface area contributed by atoms with Gasteiger partial charge in [-0.2, -0.15) is 4.98 Å². The highest BCUT2D eigenvalue weighted by Gasteiger charge is 2.29. The smallest absolute Gasteiger partial charge is 0.332 e. The van der Waals surface area contributed by atoms with Crippen molar-refractivity contribution >= 4 is 23.1 Å². The highest BCUT2D eigenvalue weighted by molar-refractivity contribution is 6.28. The summed E-state index contributed by atoms with van der Waals surface area (Å²) in [6.07, 6.45) is 1.82. The van der Waals surface area contributed by atoms with Crippen molar-refractivity contribution < 1.29 is 9.66 Å². The second-order valence-corrected chi connectivity index (χ2v) is 5.65. The van der Waals surface area contributed by atoms with Gasteiger partial charge in [-0.05, 0) is 36.8 Å². The number of anilines is 1. The van der Waals surface area contributed by atoms with Gasteiger partial charge < -0.3 is 10.1 Å². The third-order valence-electron chi connectivity index (χ3n) is 3.60. The maximum absolute atomic E-state index is 11.1. The van der Waals surface area contributed by atoms with Gasteiger partial charge in [0.1, 0.15) is 5.69 Å². The number of nitrogens with one attached hydrogen (secondary N) is 1. The summed E-state index contributed by atoms with van der Waals surface area (Å²) >= 11 is 5.78. The van der Waals surface area contributed by atoms with Crippen molar-refractivity contribution in [3.8, 4) is 0 Å². The van der Waals surface area contributed by atoms with Gasteiger partial charge >= 0.3 is 5.69 Å². The molecule has 1 fully saturated rings. The SMILES string of the molecule is Cc1nc(Cl)nc(NCC2(C)CCOCC2)c1[N+](=O)[O-].